The highest BCUT2D eigenvalue weighted by Crippen LogP contribution is 2.25. The van der Waals surface area contributed by atoms with Crippen LogP contribution in [0.15, 0.2) is 18.3 Å². The van der Waals surface area contributed by atoms with Crippen molar-refractivity contribution in [2.75, 3.05) is 17.7 Å². The number of nitrogens with two attached hydrogens (primary N) is 1. The molecule has 1 saturated carbocycles. The maximum absolute atomic E-state index is 9.96. The summed E-state index contributed by atoms with van der Waals surface area (Å²) in [5, 5.41) is 9.96. The molecule has 4 nitrogen and oxygen atoms in total. The monoisotopic (exact) mass is 221 g/mol. The molecule has 0 aliphatic heterocycles. The van der Waals surface area contributed by atoms with E-state index in [1.807, 2.05) is 19.2 Å². The van der Waals surface area contributed by atoms with Crippen LogP contribution in [0.4, 0.5) is 11.5 Å². The molecule has 1 fully saturated rings. The molecule has 1 aliphatic carbocycles. The molecule has 2 rings (SSSR count). The molecule has 1 aromatic rings. The zero-order valence-electron chi connectivity index (χ0n) is 9.63. The minimum absolute atomic E-state index is 0.185. The van der Waals surface area contributed by atoms with Gasteiger partial charge in [0.1, 0.15) is 5.82 Å². The maximum atomic E-state index is 9.96. The quantitative estimate of drug-likeness (QED) is 0.792. The fourth-order valence-corrected chi connectivity index (χ4v) is 2.32. The van der Waals surface area contributed by atoms with Gasteiger partial charge < -0.3 is 15.7 Å². The fourth-order valence-electron chi connectivity index (χ4n) is 2.32. The molecule has 1 aliphatic rings. The molecule has 0 aromatic carbocycles. The van der Waals surface area contributed by atoms with Crippen molar-refractivity contribution in [3.8, 4) is 0 Å². The molecule has 0 amide bonds. The van der Waals surface area contributed by atoms with Gasteiger partial charge in [0, 0.05) is 7.05 Å². The first-order valence-corrected chi connectivity index (χ1v) is 5.81. The van der Waals surface area contributed by atoms with E-state index in [2.05, 4.69) is 9.88 Å². The molecule has 1 aromatic heterocycles. The summed E-state index contributed by atoms with van der Waals surface area (Å²) in [6.07, 6.45) is 5.65. The van der Waals surface area contributed by atoms with E-state index < -0.39 is 0 Å². The Balaban J connectivity index is 2.11. The highest BCUT2D eigenvalue weighted by atomic mass is 16.3. The largest absolute Gasteiger partial charge is 0.397 e. The number of aliphatic hydroxyl groups excluding tert-OH is 1. The summed E-state index contributed by atoms with van der Waals surface area (Å²) in [5.74, 6) is 0.875. The van der Waals surface area contributed by atoms with E-state index in [-0.39, 0.29) is 12.1 Å². The molecule has 0 spiro atoms. The minimum Gasteiger partial charge on any atom is -0.397 e. The molecule has 0 radical (unpaired) electrons. The third kappa shape index (κ3) is 2.27. The second-order valence-electron chi connectivity index (χ2n) is 4.48. The van der Waals surface area contributed by atoms with Crippen LogP contribution >= 0.6 is 0 Å². The lowest BCUT2D eigenvalue weighted by molar-refractivity contribution is 0.106. The van der Waals surface area contributed by atoms with E-state index in [1.54, 1.807) is 6.20 Å². The average Bonchev–Trinajstić information content (AvgIpc) is 2.30. The zero-order chi connectivity index (χ0) is 11.5. The second kappa shape index (κ2) is 4.70. The van der Waals surface area contributed by atoms with Gasteiger partial charge in [-0.25, -0.2) is 4.98 Å². The van der Waals surface area contributed by atoms with Crippen molar-refractivity contribution in [2.24, 2.45) is 0 Å². The number of hydrogen-bond donors (Lipinski definition) is 2. The van der Waals surface area contributed by atoms with Crippen LogP contribution in [0.2, 0.25) is 0 Å². The number of nitrogen functional groups attached to an aromatic ring is 1. The number of pyridine rings is 1. The Hall–Kier alpha value is -1.29. The van der Waals surface area contributed by atoms with Crippen molar-refractivity contribution in [1.29, 1.82) is 0 Å². The molecule has 2 atom stereocenters. The van der Waals surface area contributed by atoms with Gasteiger partial charge >= 0.3 is 0 Å². The number of rotatable bonds is 2. The van der Waals surface area contributed by atoms with Gasteiger partial charge in [0.15, 0.2) is 0 Å². The van der Waals surface area contributed by atoms with Gasteiger partial charge in [-0.3, -0.25) is 0 Å². The van der Waals surface area contributed by atoms with Gasteiger partial charge in [-0.15, -0.1) is 0 Å². The predicted octanol–water partition coefficient (Wildman–Crippen LogP) is 1.40. The van der Waals surface area contributed by atoms with Crippen molar-refractivity contribution in [3.05, 3.63) is 18.3 Å². The summed E-state index contributed by atoms with van der Waals surface area (Å²) in [4.78, 5) is 6.34. The van der Waals surface area contributed by atoms with Crippen LogP contribution < -0.4 is 10.6 Å². The lowest BCUT2D eigenvalue weighted by Gasteiger charge is -2.35. The van der Waals surface area contributed by atoms with Crippen LogP contribution in [0, 0.1) is 0 Å². The average molecular weight is 221 g/mol. The van der Waals surface area contributed by atoms with E-state index in [0.29, 0.717) is 5.69 Å². The van der Waals surface area contributed by atoms with E-state index >= 15 is 0 Å². The number of anilines is 2. The van der Waals surface area contributed by atoms with Crippen LogP contribution in [-0.2, 0) is 0 Å². The van der Waals surface area contributed by atoms with Crippen LogP contribution in [0.25, 0.3) is 0 Å². The smallest absolute Gasteiger partial charge is 0.128 e. The normalized spacial score (nSPS) is 25.4. The first-order chi connectivity index (χ1) is 7.68. The molecule has 3 N–H and O–H groups in total. The lowest BCUT2D eigenvalue weighted by Crippen LogP contribution is -2.43. The van der Waals surface area contributed by atoms with Gasteiger partial charge in [-0.1, -0.05) is 12.8 Å². The SMILES string of the molecule is CN(c1ccc(N)cn1)C1CCCCC1O. The topological polar surface area (TPSA) is 62.4 Å². The number of aliphatic hydroxyl groups is 1. The molecule has 0 saturated heterocycles. The van der Waals surface area contributed by atoms with Crippen molar-refractivity contribution in [2.45, 2.75) is 37.8 Å². The summed E-state index contributed by atoms with van der Waals surface area (Å²) >= 11 is 0. The summed E-state index contributed by atoms with van der Waals surface area (Å²) in [6.45, 7) is 0. The summed E-state index contributed by atoms with van der Waals surface area (Å²) in [6, 6.07) is 3.93. The molecule has 4 heteroatoms. The molecule has 88 valence electrons. The highest BCUT2D eigenvalue weighted by molar-refractivity contribution is 5.46. The number of aromatic nitrogens is 1. The number of hydrogen-bond acceptors (Lipinski definition) is 4. The Labute approximate surface area is 96.1 Å². The van der Waals surface area contributed by atoms with Crippen molar-refractivity contribution in [1.82, 2.24) is 4.98 Å². The second-order valence-corrected chi connectivity index (χ2v) is 4.48. The van der Waals surface area contributed by atoms with E-state index in [0.717, 1.165) is 25.1 Å². The Bertz CT molecular complexity index is 339. The first kappa shape index (κ1) is 11.2. The van der Waals surface area contributed by atoms with Crippen molar-refractivity contribution < 1.29 is 5.11 Å². The highest BCUT2D eigenvalue weighted by Gasteiger charge is 2.27. The zero-order valence-corrected chi connectivity index (χ0v) is 9.63. The third-order valence-corrected chi connectivity index (χ3v) is 3.32. The minimum atomic E-state index is -0.238. The molecule has 2 unspecified atom stereocenters. The molecule has 0 bridgehead atoms. The summed E-state index contributed by atoms with van der Waals surface area (Å²) < 4.78 is 0. The molecule has 1 heterocycles. The Morgan fingerprint density at radius 1 is 1.38 bits per heavy atom. The van der Waals surface area contributed by atoms with Crippen LogP contribution in [0.1, 0.15) is 25.7 Å². The van der Waals surface area contributed by atoms with Gasteiger partial charge in [0.25, 0.3) is 0 Å². The fraction of sp³-hybridized carbons (Fsp3) is 0.583. The Morgan fingerprint density at radius 3 is 2.75 bits per heavy atom. The lowest BCUT2D eigenvalue weighted by atomic mass is 9.91. The first-order valence-electron chi connectivity index (χ1n) is 5.81. The van der Waals surface area contributed by atoms with Gasteiger partial charge in [0.05, 0.1) is 24.0 Å². The summed E-state index contributed by atoms with van der Waals surface area (Å²) in [7, 11) is 1.98. The summed E-state index contributed by atoms with van der Waals surface area (Å²) in [5.41, 5.74) is 6.27. The number of nitrogens with zero attached hydrogens (tertiary/aromatic N) is 2. The van der Waals surface area contributed by atoms with E-state index in [1.165, 1.54) is 6.42 Å². The van der Waals surface area contributed by atoms with Crippen molar-refractivity contribution in [3.63, 3.8) is 0 Å². The van der Waals surface area contributed by atoms with Crippen LogP contribution in [0.5, 0.6) is 0 Å². The van der Waals surface area contributed by atoms with Crippen LogP contribution in [-0.4, -0.2) is 29.3 Å². The molecule has 16 heavy (non-hydrogen) atoms. The maximum Gasteiger partial charge on any atom is 0.128 e. The van der Waals surface area contributed by atoms with Gasteiger partial charge in [-0.05, 0) is 25.0 Å². The van der Waals surface area contributed by atoms with Crippen molar-refractivity contribution >= 4 is 11.5 Å². The Kier molecular flexibility index (Phi) is 3.29. The van der Waals surface area contributed by atoms with Crippen LogP contribution in [0.3, 0.4) is 0 Å². The number of likely N-dealkylation sites (N-methyl/N-ethyl adjacent to an activating group) is 1. The Morgan fingerprint density at radius 2 is 2.12 bits per heavy atom. The standard InChI is InChI=1S/C12H19N3O/c1-15(10-4-2-3-5-11(10)16)12-7-6-9(13)8-14-12/h6-8,10-11,16H,2-5,13H2,1H3. The van der Waals surface area contributed by atoms with E-state index in [4.69, 9.17) is 5.73 Å². The molecular weight excluding hydrogens is 202 g/mol. The van der Waals surface area contributed by atoms with E-state index in [9.17, 15) is 5.11 Å². The van der Waals surface area contributed by atoms with Gasteiger partial charge in [0.2, 0.25) is 0 Å². The van der Waals surface area contributed by atoms with Gasteiger partial charge in [-0.2, -0.15) is 0 Å². The third-order valence-electron chi connectivity index (χ3n) is 3.32. The molecular formula is C12H19N3O. The predicted molar refractivity (Wildman–Crippen MR) is 65.3 cm³/mol.